The summed E-state index contributed by atoms with van der Waals surface area (Å²) in [6.45, 7) is 4.80. The van der Waals surface area contributed by atoms with Crippen molar-refractivity contribution in [2.45, 2.75) is 20.3 Å². The standard InChI is InChI=1S/C24H22N2OS/c1-3-15-26-23(27)22(28-24(26)25-20-13-11-17(2)12-14-20)16-19-9-6-8-18-7-4-5-10-21(18)19/h4-14,16H,3,15H2,1-2H3/b22-16+,25-24?. The van der Waals surface area contributed by atoms with Gasteiger partial charge in [0.25, 0.3) is 5.91 Å². The molecule has 140 valence electrons. The first kappa shape index (κ1) is 18.5. The number of hydrogen-bond acceptors (Lipinski definition) is 3. The Morgan fingerprint density at radius 1 is 1.00 bits per heavy atom. The quantitative estimate of drug-likeness (QED) is 0.503. The first-order valence-corrected chi connectivity index (χ1v) is 10.3. The number of carbonyl (C=O) groups is 1. The molecule has 3 nitrogen and oxygen atoms in total. The van der Waals surface area contributed by atoms with E-state index in [0.29, 0.717) is 6.54 Å². The second kappa shape index (κ2) is 8.03. The molecule has 0 atom stereocenters. The zero-order valence-electron chi connectivity index (χ0n) is 16.1. The van der Waals surface area contributed by atoms with Crippen molar-refractivity contribution in [1.82, 2.24) is 4.90 Å². The molecule has 0 spiro atoms. The fraction of sp³-hybridized carbons (Fsp3) is 0.167. The van der Waals surface area contributed by atoms with Gasteiger partial charge in [-0.3, -0.25) is 9.69 Å². The lowest BCUT2D eigenvalue weighted by atomic mass is 10.0. The van der Waals surface area contributed by atoms with E-state index in [1.54, 1.807) is 4.90 Å². The van der Waals surface area contributed by atoms with Gasteiger partial charge in [-0.05, 0) is 59.7 Å². The van der Waals surface area contributed by atoms with E-state index in [4.69, 9.17) is 4.99 Å². The van der Waals surface area contributed by atoms with Crippen molar-refractivity contribution in [3.63, 3.8) is 0 Å². The van der Waals surface area contributed by atoms with Crippen LogP contribution in [-0.4, -0.2) is 22.5 Å². The summed E-state index contributed by atoms with van der Waals surface area (Å²) in [5.41, 5.74) is 3.12. The van der Waals surface area contributed by atoms with Crippen molar-refractivity contribution in [3.8, 4) is 0 Å². The minimum absolute atomic E-state index is 0.0330. The van der Waals surface area contributed by atoms with Crippen LogP contribution in [0.15, 0.2) is 76.6 Å². The van der Waals surface area contributed by atoms with Crippen LogP contribution in [-0.2, 0) is 4.79 Å². The molecule has 1 heterocycles. The molecule has 4 heteroatoms. The monoisotopic (exact) mass is 386 g/mol. The summed E-state index contributed by atoms with van der Waals surface area (Å²) in [6.07, 6.45) is 2.89. The summed E-state index contributed by atoms with van der Waals surface area (Å²) in [5, 5.41) is 3.07. The van der Waals surface area contributed by atoms with Crippen LogP contribution in [0.3, 0.4) is 0 Å². The predicted octanol–water partition coefficient (Wildman–Crippen LogP) is 6.16. The van der Waals surface area contributed by atoms with E-state index < -0.39 is 0 Å². The number of amidine groups is 1. The van der Waals surface area contributed by atoms with Crippen molar-refractivity contribution < 1.29 is 4.79 Å². The second-order valence-electron chi connectivity index (χ2n) is 6.87. The number of fused-ring (bicyclic) bond motifs is 1. The highest BCUT2D eigenvalue weighted by molar-refractivity contribution is 8.18. The van der Waals surface area contributed by atoms with Crippen LogP contribution in [0.4, 0.5) is 5.69 Å². The third kappa shape index (κ3) is 3.73. The molecule has 0 N–H and O–H groups in total. The summed E-state index contributed by atoms with van der Waals surface area (Å²) in [6, 6.07) is 22.5. The molecule has 1 aliphatic heterocycles. The molecule has 0 aliphatic carbocycles. The highest BCUT2D eigenvalue weighted by atomic mass is 32.2. The summed E-state index contributed by atoms with van der Waals surface area (Å²) in [7, 11) is 0. The molecular weight excluding hydrogens is 364 g/mol. The highest BCUT2D eigenvalue weighted by Crippen LogP contribution is 2.35. The summed E-state index contributed by atoms with van der Waals surface area (Å²) in [4.78, 5) is 20.3. The molecule has 0 bridgehead atoms. The van der Waals surface area contributed by atoms with Crippen molar-refractivity contribution >= 4 is 45.4 Å². The number of amides is 1. The van der Waals surface area contributed by atoms with E-state index in [-0.39, 0.29) is 5.91 Å². The van der Waals surface area contributed by atoms with Crippen LogP contribution in [0, 0.1) is 6.92 Å². The summed E-state index contributed by atoms with van der Waals surface area (Å²) in [5.74, 6) is 0.0330. The van der Waals surface area contributed by atoms with E-state index in [0.717, 1.165) is 33.1 Å². The number of aryl methyl sites for hydroxylation is 1. The smallest absolute Gasteiger partial charge is 0.266 e. The van der Waals surface area contributed by atoms with Crippen LogP contribution in [0.25, 0.3) is 16.8 Å². The van der Waals surface area contributed by atoms with Gasteiger partial charge < -0.3 is 0 Å². The number of aliphatic imine (C=N–C) groups is 1. The maximum absolute atomic E-state index is 13.0. The Bertz CT molecular complexity index is 1080. The van der Waals surface area contributed by atoms with Crippen LogP contribution in [0.5, 0.6) is 0 Å². The Labute approximate surface area is 169 Å². The molecule has 0 unspecified atom stereocenters. The van der Waals surface area contributed by atoms with E-state index in [2.05, 4.69) is 38.1 Å². The van der Waals surface area contributed by atoms with E-state index in [1.165, 1.54) is 22.7 Å². The molecule has 1 saturated heterocycles. The van der Waals surface area contributed by atoms with Gasteiger partial charge in [0.15, 0.2) is 5.17 Å². The van der Waals surface area contributed by atoms with Crippen molar-refractivity contribution in [3.05, 3.63) is 82.8 Å². The zero-order valence-corrected chi connectivity index (χ0v) is 16.9. The van der Waals surface area contributed by atoms with Gasteiger partial charge in [0.1, 0.15) is 0 Å². The van der Waals surface area contributed by atoms with Gasteiger partial charge in [-0.15, -0.1) is 0 Å². The normalized spacial score (nSPS) is 17.2. The van der Waals surface area contributed by atoms with Gasteiger partial charge in [-0.2, -0.15) is 0 Å². The number of thioether (sulfide) groups is 1. The Morgan fingerprint density at radius 2 is 1.75 bits per heavy atom. The molecule has 0 saturated carbocycles. The summed E-state index contributed by atoms with van der Waals surface area (Å²) >= 11 is 1.46. The third-order valence-electron chi connectivity index (χ3n) is 4.70. The number of rotatable bonds is 4. The Kier molecular flexibility index (Phi) is 5.31. The third-order valence-corrected chi connectivity index (χ3v) is 5.71. The lowest BCUT2D eigenvalue weighted by Gasteiger charge is -2.14. The number of hydrogen-bond donors (Lipinski definition) is 0. The Balaban J connectivity index is 1.73. The molecule has 0 aromatic heterocycles. The number of carbonyl (C=O) groups excluding carboxylic acids is 1. The molecule has 28 heavy (non-hydrogen) atoms. The Morgan fingerprint density at radius 3 is 2.54 bits per heavy atom. The van der Waals surface area contributed by atoms with Crippen LogP contribution >= 0.6 is 11.8 Å². The van der Waals surface area contributed by atoms with Crippen LogP contribution < -0.4 is 0 Å². The van der Waals surface area contributed by atoms with Crippen LogP contribution in [0.1, 0.15) is 24.5 Å². The lowest BCUT2D eigenvalue weighted by molar-refractivity contribution is -0.122. The molecule has 4 rings (SSSR count). The van der Waals surface area contributed by atoms with E-state index in [1.807, 2.05) is 48.5 Å². The molecule has 3 aromatic carbocycles. The maximum atomic E-state index is 13.0. The number of nitrogens with zero attached hydrogens (tertiary/aromatic N) is 2. The average Bonchev–Trinajstić information content (AvgIpc) is 2.99. The molecule has 0 radical (unpaired) electrons. The SMILES string of the molecule is CCCN1C(=O)/C(=C\c2cccc3ccccc23)SC1=Nc1ccc(C)cc1. The van der Waals surface area contributed by atoms with Crippen molar-refractivity contribution in [1.29, 1.82) is 0 Å². The first-order valence-electron chi connectivity index (χ1n) is 9.50. The fourth-order valence-electron chi connectivity index (χ4n) is 3.26. The van der Waals surface area contributed by atoms with Gasteiger partial charge >= 0.3 is 0 Å². The predicted molar refractivity (Wildman–Crippen MR) is 120 cm³/mol. The number of benzene rings is 3. The summed E-state index contributed by atoms with van der Waals surface area (Å²) < 4.78 is 0. The topological polar surface area (TPSA) is 32.7 Å². The first-order chi connectivity index (χ1) is 13.7. The molecule has 1 fully saturated rings. The largest absolute Gasteiger partial charge is 0.286 e. The van der Waals surface area contributed by atoms with E-state index in [9.17, 15) is 4.79 Å². The molecule has 1 aliphatic rings. The lowest BCUT2D eigenvalue weighted by Crippen LogP contribution is -2.29. The molecule has 3 aromatic rings. The highest BCUT2D eigenvalue weighted by Gasteiger charge is 2.32. The van der Waals surface area contributed by atoms with Crippen molar-refractivity contribution in [2.75, 3.05) is 6.54 Å². The maximum Gasteiger partial charge on any atom is 0.266 e. The minimum atomic E-state index is 0.0330. The van der Waals surface area contributed by atoms with E-state index >= 15 is 0 Å². The van der Waals surface area contributed by atoms with Gasteiger partial charge in [0.2, 0.25) is 0 Å². The second-order valence-corrected chi connectivity index (χ2v) is 7.87. The average molecular weight is 387 g/mol. The molecule has 1 amide bonds. The zero-order chi connectivity index (χ0) is 19.5. The van der Waals surface area contributed by atoms with Crippen LogP contribution in [0.2, 0.25) is 0 Å². The van der Waals surface area contributed by atoms with Gasteiger partial charge in [-0.1, -0.05) is 67.1 Å². The molecular formula is C24H22N2OS. The fourth-order valence-corrected chi connectivity index (χ4v) is 4.27. The van der Waals surface area contributed by atoms with Gasteiger partial charge in [0, 0.05) is 6.54 Å². The van der Waals surface area contributed by atoms with Gasteiger partial charge in [-0.25, -0.2) is 4.99 Å². The minimum Gasteiger partial charge on any atom is -0.286 e. The van der Waals surface area contributed by atoms with Crippen molar-refractivity contribution in [2.24, 2.45) is 4.99 Å². The van der Waals surface area contributed by atoms with Gasteiger partial charge in [0.05, 0.1) is 10.6 Å². The Hall–Kier alpha value is -2.85.